The number of rotatable bonds is 3. The first kappa shape index (κ1) is 19.4. The number of nitrogens with zero attached hydrogens (tertiary/aromatic N) is 1. The Kier molecular flexibility index (Phi) is 5.52. The highest BCUT2D eigenvalue weighted by atomic mass is 35.5. The van der Waals surface area contributed by atoms with Crippen LogP contribution in [-0.2, 0) is 22.7 Å². The number of carbonyl (C=O) groups excluding carboxylic acids is 1. The van der Waals surface area contributed by atoms with Crippen LogP contribution in [0.1, 0.15) is 29.2 Å². The Bertz CT molecular complexity index is 1100. The molecule has 0 N–H and O–H groups in total. The van der Waals surface area contributed by atoms with Crippen LogP contribution in [0.5, 0.6) is 0 Å². The van der Waals surface area contributed by atoms with Crippen molar-refractivity contribution in [3.63, 3.8) is 0 Å². The number of hydrogen-bond acceptors (Lipinski definition) is 2. The lowest BCUT2D eigenvalue weighted by molar-refractivity contribution is -0.116. The van der Waals surface area contributed by atoms with E-state index in [9.17, 15) is 4.79 Å². The molecule has 0 aliphatic carbocycles. The van der Waals surface area contributed by atoms with Crippen molar-refractivity contribution in [3.8, 4) is 11.1 Å². The van der Waals surface area contributed by atoms with E-state index in [-0.39, 0.29) is 5.91 Å². The summed E-state index contributed by atoms with van der Waals surface area (Å²) >= 11 is 6.18. The minimum absolute atomic E-state index is 0.00000800. The zero-order valence-corrected chi connectivity index (χ0v) is 17.2. The van der Waals surface area contributed by atoms with Gasteiger partial charge in [0, 0.05) is 19.1 Å². The number of hydrogen-bond donors (Lipinski definition) is 0. The van der Waals surface area contributed by atoms with Crippen LogP contribution in [0.4, 0.5) is 5.69 Å². The van der Waals surface area contributed by atoms with Crippen LogP contribution >= 0.6 is 11.6 Å². The van der Waals surface area contributed by atoms with Gasteiger partial charge >= 0.3 is 0 Å². The van der Waals surface area contributed by atoms with Crippen LogP contribution < -0.4 is 4.90 Å². The number of ether oxygens (including phenoxy) is 1. The van der Waals surface area contributed by atoms with Gasteiger partial charge in [-0.3, -0.25) is 4.79 Å². The van der Waals surface area contributed by atoms with Crippen LogP contribution in [0.3, 0.4) is 0 Å². The van der Waals surface area contributed by atoms with Gasteiger partial charge in [-0.15, -0.1) is 0 Å². The molecule has 3 nitrogen and oxygen atoms in total. The van der Waals surface area contributed by atoms with Gasteiger partial charge in [-0.25, -0.2) is 0 Å². The van der Waals surface area contributed by atoms with E-state index in [0.29, 0.717) is 18.2 Å². The summed E-state index contributed by atoms with van der Waals surface area (Å²) in [5.74, 6) is 0.00000800. The third kappa shape index (κ3) is 3.98. The molecule has 0 bridgehead atoms. The lowest BCUT2D eigenvalue weighted by Gasteiger charge is -2.26. The largest absolute Gasteiger partial charge is 0.380 e. The predicted molar refractivity (Wildman–Crippen MR) is 120 cm³/mol. The molecule has 0 aromatic heterocycles. The Hall–Kier alpha value is -2.88. The van der Waals surface area contributed by atoms with Gasteiger partial charge in [0.1, 0.15) is 0 Å². The first-order valence-electron chi connectivity index (χ1n) is 9.52. The number of methoxy groups -OCH3 is 1. The smallest absolute Gasteiger partial charge is 0.224 e. The lowest BCUT2D eigenvalue weighted by Crippen LogP contribution is -2.29. The maximum Gasteiger partial charge on any atom is 0.224 e. The SMILES string of the molecule is COCc1ccccc1-c1ccc2c(c1)CN(C(C)=O)c1ccc(Cl)cc1/C=C\2. The van der Waals surface area contributed by atoms with Gasteiger partial charge in [0.25, 0.3) is 0 Å². The van der Waals surface area contributed by atoms with Gasteiger partial charge in [-0.1, -0.05) is 60.2 Å². The third-order valence-electron chi connectivity index (χ3n) is 5.20. The second kappa shape index (κ2) is 8.24. The van der Waals surface area contributed by atoms with E-state index in [1.807, 2.05) is 36.4 Å². The number of fused-ring (bicyclic) bond motifs is 2. The minimum Gasteiger partial charge on any atom is -0.380 e. The molecule has 0 radical (unpaired) electrons. The van der Waals surface area contributed by atoms with Gasteiger partial charge in [0.05, 0.1) is 18.8 Å². The molecule has 0 spiro atoms. The quantitative estimate of drug-likeness (QED) is 0.521. The van der Waals surface area contributed by atoms with Crippen molar-refractivity contribution in [2.24, 2.45) is 0 Å². The van der Waals surface area contributed by atoms with Crippen molar-refractivity contribution < 1.29 is 9.53 Å². The van der Waals surface area contributed by atoms with E-state index in [1.165, 1.54) is 0 Å². The lowest BCUT2D eigenvalue weighted by atomic mass is 9.94. The normalized spacial score (nSPS) is 13.8. The zero-order chi connectivity index (χ0) is 20.4. The van der Waals surface area contributed by atoms with Crippen LogP contribution in [0.2, 0.25) is 5.02 Å². The zero-order valence-electron chi connectivity index (χ0n) is 16.5. The fourth-order valence-electron chi connectivity index (χ4n) is 3.78. The molecule has 1 amide bonds. The summed E-state index contributed by atoms with van der Waals surface area (Å²) in [5, 5.41) is 0.655. The molecule has 1 aliphatic heterocycles. The Morgan fingerprint density at radius 3 is 2.62 bits per heavy atom. The Balaban J connectivity index is 1.82. The highest BCUT2D eigenvalue weighted by molar-refractivity contribution is 6.30. The average molecular weight is 404 g/mol. The molecule has 146 valence electrons. The predicted octanol–water partition coefficient (Wildman–Crippen LogP) is 6.19. The third-order valence-corrected chi connectivity index (χ3v) is 5.44. The van der Waals surface area contributed by atoms with Crippen molar-refractivity contribution >= 4 is 35.3 Å². The second-order valence-electron chi connectivity index (χ2n) is 7.15. The van der Waals surface area contributed by atoms with Crippen molar-refractivity contribution in [2.75, 3.05) is 12.0 Å². The van der Waals surface area contributed by atoms with Crippen LogP contribution in [0, 0.1) is 0 Å². The summed E-state index contributed by atoms with van der Waals surface area (Å²) in [7, 11) is 1.70. The number of halogens is 1. The summed E-state index contributed by atoms with van der Waals surface area (Å²) in [4.78, 5) is 14.3. The molecule has 4 rings (SSSR count). The molecule has 1 aliphatic rings. The van der Waals surface area contributed by atoms with Gasteiger partial charge < -0.3 is 9.64 Å². The molecular weight excluding hydrogens is 382 g/mol. The Morgan fingerprint density at radius 1 is 1.03 bits per heavy atom. The average Bonchev–Trinajstić information content (AvgIpc) is 2.70. The summed E-state index contributed by atoms with van der Waals surface area (Å²) in [6.07, 6.45) is 4.11. The summed E-state index contributed by atoms with van der Waals surface area (Å²) in [6.45, 7) is 2.66. The van der Waals surface area contributed by atoms with Gasteiger partial charge in [-0.05, 0) is 57.6 Å². The highest BCUT2D eigenvalue weighted by Crippen LogP contribution is 2.33. The van der Waals surface area contributed by atoms with E-state index in [1.54, 1.807) is 18.9 Å². The highest BCUT2D eigenvalue weighted by Gasteiger charge is 2.19. The molecule has 3 aromatic rings. The number of carbonyl (C=O) groups is 1. The topological polar surface area (TPSA) is 29.5 Å². The minimum atomic E-state index is 0.00000800. The molecule has 0 atom stereocenters. The Labute approximate surface area is 176 Å². The monoisotopic (exact) mass is 403 g/mol. The van der Waals surface area contributed by atoms with E-state index in [2.05, 4.69) is 36.4 Å². The first-order valence-corrected chi connectivity index (χ1v) is 9.90. The van der Waals surface area contributed by atoms with Crippen LogP contribution in [0.15, 0.2) is 60.7 Å². The number of anilines is 1. The number of amides is 1. The summed E-state index contributed by atoms with van der Waals surface area (Å²) in [6, 6.07) is 20.3. The summed E-state index contributed by atoms with van der Waals surface area (Å²) < 4.78 is 5.36. The summed E-state index contributed by atoms with van der Waals surface area (Å²) in [5.41, 5.74) is 7.40. The fourth-order valence-corrected chi connectivity index (χ4v) is 3.96. The molecule has 4 heteroatoms. The number of benzene rings is 3. The maximum atomic E-state index is 12.5. The molecule has 29 heavy (non-hydrogen) atoms. The van der Waals surface area contributed by atoms with Gasteiger partial charge in [0.15, 0.2) is 0 Å². The van der Waals surface area contributed by atoms with E-state index in [0.717, 1.165) is 39.1 Å². The van der Waals surface area contributed by atoms with Crippen molar-refractivity contribution in [3.05, 3.63) is 87.9 Å². The second-order valence-corrected chi connectivity index (χ2v) is 7.58. The maximum absolute atomic E-state index is 12.5. The molecule has 3 aromatic carbocycles. The molecule has 0 saturated carbocycles. The molecule has 1 heterocycles. The van der Waals surface area contributed by atoms with Crippen molar-refractivity contribution in [1.29, 1.82) is 0 Å². The first-order chi connectivity index (χ1) is 14.1. The van der Waals surface area contributed by atoms with Gasteiger partial charge in [0.2, 0.25) is 5.91 Å². The molecule has 0 fully saturated rings. The molecule has 0 saturated heterocycles. The fraction of sp³-hybridized carbons (Fsp3) is 0.160. The van der Waals surface area contributed by atoms with Crippen molar-refractivity contribution in [2.45, 2.75) is 20.1 Å². The van der Waals surface area contributed by atoms with E-state index >= 15 is 0 Å². The van der Waals surface area contributed by atoms with Gasteiger partial charge in [-0.2, -0.15) is 0 Å². The van der Waals surface area contributed by atoms with E-state index in [4.69, 9.17) is 16.3 Å². The van der Waals surface area contributed by atoms with Crippen molar-refractivity contribution in [1.82, 2.24) is 0 Å². The Morgan fingerprint density at radius 2 is 1.83 bits per heavy atom. The van der Waals surface area contributed by atoms with Crippen LogP contribution in [-0.4, -0.2) is 13.0 Å². The molecule has 0 unspecified atom stereocenters. The molecular formula is C25H22ClNO2. The van der Waals surface area contributed by atoms with E-state index < -0.39 is 0 Å². The standard InChI is InChI=1S/C25H22ClNO2/c1-17(28)27-15-22-13-19(24-6-4-3-5-21(24)16-29-2)9-7-18(22)8-10-20-14-23(26)11-12-25(20)27/h3-14H,15-16H2,1-2H3/b10-8-. The van der Waals surface area contributed by atoms with Crippen LogP contribution in [0.25, 0.3) is 23.3 Å².